The summed E-state index contributed by atoms with van der Waals surface area (Å²) < 4.78 is 0. The Morgan fingerprint density at radius 1 is 1.29 bits per heavy atom. The van der Waals surface area contributed by atoms with Gasteiger partial charge in [0.25, 0.3) is 0 Å². The lowest BCUT2D eigenvalue weighted by Gasteiger charge is -2.21. The first-order valence-electron chi connectivity index (χ1n) is 6.31. The zero-order valence-corrected chi connectivity index (χ0v) is 10.9. The molecule has 0 amide bonds. The number of nitriles is 1. The maximum Gasteiger partial charge on any atom is 0.0758 e. The van der Waals surface area contributed by atoms with Gasteiger partial charge in [-0.25, -0.2) is 0 Å². The third-order valence-electron chi connectivity index (χ3n) is 3.76. The van der Waals surface area contributed by atoms with Gasteiger partial charge in [-0.15, -0.1) is 0 Å². The van der Waals surface area contributed by atoms with Gasteiger partial charge in [-0.2, -0.15) is 5.26 Å². The highest BCUT2D eigenvalue weighted by molar-refractivity contribution is 5.42. The zero-order valence-electron chi connectivity index (χ0n) is 10.9. The van der Waals surface area contributed by atoms with Crippen LogP contribution in [-0.4, -0.2) is 13.1 Å². The van der Waals surface area contributed by atoms with Gasteiger partial charge < -0.3 is 5.32 Å². The Labute approximate surface area is 104 Å². The fraction of sp³-hybridized carbons (Fsp3) is 0.533. The van der Waals surface area contributed by atoms with Crippen molar-refractivity contribution < 1.29 is 0 Å². The van der Waals surface area contributed by atoms with Crippen molar-refractivity contribution in [2.75, 3.05) is 13.1 Å². The summed E-state index contributed by atoms with van der Waals surface area (Å²) in [6.45, 7) is 8.39. The minimum Gasteiger partial charge on any atom is -0.316 e. The Kier molecular flexibility index (Phi) is 3.49. The van der Waals surface area contributed by atoms with Gasteiger partial charge in [-0.3, -0.25) is 0 Å². The monoisotopic (exact) mass is 228 g/mol. The van der Waals surface area contributed by atoms with Crippen LogP contribution in [-0.2, 0) is 0 Å². The number of aryl methyl sites for hydroxylation is 3. The zero-order chi connectivity index (χ0) is 12.4. The SMILES string of the molecule is Cc1cc(C)c(C(C#N)C2CCNC2)c(C)c1. The van der Waals surface area contributed by atoms with Crippen LogP contribution in [0.1, 0.15) is 34.6 Å². The molecule has 0 saturated carbocycles. The third kappa shape index (κ3) is 2.35. The van der Waals surface area contributed by atoms with Gasteiger partial charge in [0.05, 0.1) is 12.0 Å². The van der Waals surface area contributed by atoms with Gasteiger partial charge in [-0.1, -0.05) is 17.7 Å². The van der Waals surface area contributed by atoms with Crippen molar-refractivity contribution >= 4 is 0 Å². The number of nitrogens with zero attached hydrogens (tertiary/aromatic N) is 1. The maximum atomic E-state index is 9.48. The van der Waals surface area contributed by atoms with Gasteiger partial charge in [0, 0.05) is 0 Å². The average Bonchev–Trinajstić information content (AvgIpc) is 2.76. The Balaban J connectivity index is 2.40. The average molecular weight is 228 g/mol. The summed E-state index contributed by atoms with van der Waals surface area (Å²) in [5.74, 6) is 0.519. The minimum atomic E-state index is 0.0469. The van der Waals surface area contributed by atoms with Crippen LogP contribution in [0.4, 0.5) is 0 Å². The Morgan fingerprint density at radius 3 is 2.41 bits per heavy atom. The van der Waals surface area contributed by atoms with Gasteiger partial charge in [0.15, 0.2) is 0 Å². The lowest BCUT2D eigenvalue weighted by molar-refractivity contribution is 0.527. The van der Waals surface area contributed by atoms with Gasteiger partial charge in [0.1, 0.15) is 0 Å². The summed E-state index contributed by atoms with van der Waals surface area (Å²) in [5.41, 5.74) is 5.07. The number of rotatable bonds is 2. The molecule has 1 saturated heterocycles. The molecule has 2 unspecified atom stereocenters. The smallest absolute Gasteiger partial charge is 0.0758 e. The van der Waals surface area contributed by atoms with Crippen LogP contribution < -0.4 is 5.32 Å². The molecular weight excluding hydrogens is 208 g/mol. The molecule has 2 nitrogen and oxygen atoms in total. The van der Waals surface area contributed by atoms with Crippen molar-refractivity contribution in [3.05, 3.63) is 34.4 Å². The van der Waals surface area contributed by atoms with Crippen LogP contribution in [0.2, 0.25) is 0 Å². The molecular formula is C15H20N2. The summed E-state index contributed by atoms with van der Waals surface area (Å²) >= 11 is 0. The molecule has 1 heterocycles. The van der Waals surface area contributed by atoms with E-state index in [1.807, 2.05) is 0 Å². The Morgan fingerprint density at radius 2 is 1.94 bits per heavy atom. The molecule has 2 atom stereocenters. The van der Waals surface area contributed by atoms with Crippen LogP contribution >= 0.6 is 0 Å². The predicted octanol–water partition coefficient (Wildman–Crippen LogP) is 2.83. The van der Waals surface area contributed by atoms with E-state index in [9.17, 15) is 5.26 Å². The predicted molar refractivity (Wildman–Crippen MR) is 70.0 cm³/mol. The molecule has 0 aromatic heterocycles. The molecule has 1 aromatic carbocycles. The molecule has 1 N–H and O–H groups in total. The molecule has 0 radical (unpaired) electrons. The van der Waals surface area contributed by atoms with Crippen LogP contribution in [0.3, 0.4) is 0 Å². The van der Waals surface area contributed by atoms with E-state index in [1.165, 1.54) is 22.3 Å². The van der Waals surface area contributed by atoms with Crippen molar-refractivity contribution in [2.45, 2.75) is 33.1 Å². The summed E-state index contributed by atoms with van der Waals surface area (Å²) in [6.07, 6.45) is 1.12. The van der Waals surface area contributed by atoms with Crippen molar-refractivity contribution in [1.82, 2.24) is 5.32 Å². The molecule has 0 spiro atoms. The third-order valence-corrected chi connectivity index (χ3v) is 3.76. The largest absolute Gasteiger partial charge is 0.316 e. The van der Waals surface area contributed by atoms with Crippen LogP contribution in [0.5, 0.6) is 0 Å². The second-order valence-electron chi connectivity index (χ2n) is 5.17. The summed E-state index contributed by atoms with van der Waals surface area (Å²) in [6, 6.07) is 6.90. The molecule has 2 heteroatoms. The molecule has 1 aliphatic rings. The van der Waals surface area contributed by atoms with Crippen molar-refractivity contribution in [3.63, 3.8) is 0 Å². The van der Waals surface area contributed by atoms with Gasteiger partial charge in [0.2, 0.25) is 0 Å². The highest BCUT2D eigenvalue weighted by Gasteiger charge is 2.28. The van der Waals surface area contributed by atoms with E-state index in [-0.39, 0.29) is 5.92 Å². The normalized spacial score (nSPS) is 21.2. The van der Waals surface area contributed by atoms with E-state index < -0.39 is 0 Å². The molecule has 90 valence electrons. The molecule has 0 aliphatic carbocycles. The Bertz CT molecular complexity index is 427. The van der Waals surface area contributed by atoms with Crippen LogP contribution in [0.15, 0.2) is 12.1 Å². The second kappa shape index (κ2) is 4.89. The van der Waals surface area contributed by atoms with Gasteiger partial charge in [-0.05, 0) is 62.9 Å². The highest BCUT2D eigenvalue weighted by atomic mass is 14.9. The highest BCUT2D eigenvalue weighted by Crippen LogP contribution is 2.33. The minimum absolute atomic E-state index is 0.0469. The first-order valence-corrected chi connectivity index (χ1v) is 6.31. The first kappa shape index (κ1) is 12.1. The molecule has 2 rings (SSSR count). The Hall–Kier alpha value is -1.33. The number of benzene rings is 1. The molecule has 1 aromatic rings. The van der Waals surface area contributed by atoms with Crippen molar-refractivity contribution in [2.24, 2.45) is 5.92 Å². The molecule has 0 bridgehead atoms. The number of hydrogen-bond acceptors (Lipinski definition) is 2. The lowest BCUT2D eigenvalue weighted by atomic mass is 9.81. The fourth-order valence-electron chi connectivity index (χ4n) is 3.05. The summed E-state index contributed by atoms with van der Waals surface area (Å²) in [4.78, 5) is 0. The van der Waals surface area contributed by atoms with E-state index >= 15 is 0 Å². The number of hydrogen-bond donors (Lipinski definition) is 1. The van der Waals surface area contributed by atoms with Gasteiger partial charge >= 0.3 is 0 Å². The van der Waals surface area contributed by atoms with Crippen LogP contribution in [0, 0.1) is 38.0 Å². The fourth-order valence-corrected chi connectivity index (χ4v) is 3.05. The standard InChI is InChI=1S/C15H20N2/c1-10-6-11(2)15(12(3)7-10)14(8-16)13-4-5-17-9-13/h6-7,13-14,17H,4-5,9H2,1-3H3. The summed E-state index contributed by atoms with van der Waals surface area (Å²) in [5, 5.41) is 12.8. The van der Waals surface area contributed by atoms with E-state index in [0.717, 1.165) is 19.5 Å². The van der Waals surface area contributed by atoms with E-state index in [4.69, 9.17) is 0 Å². The molecule has 1 fully saturated rings. The van der Waals surface area contributed by atoms with E-state index in [1.54, 1.807) is 0 Å². The van der Waals surface area contributed by atoms with Crippen molar-refractivity contribution in [3.8, 4) is 6.07 Å². The second-order valence-corrected chi connectivity index (χ2v) is 5.17. The summed E-state index contributed by atoms with van der Waals surface area (Å²) in [7, 11) is 0. The first-order chi connectivity index (χ1) is 8.13. The topological polar surface area (TPSA) is 35.8 Å². The van der Waals surface area contributed by atoms with E-state index in [0.29, 0.717) is 5.92 Å². The maximum absolute atomic E-state index is 9.48. The quantitative estimate of drug-likeness (QED) is 0.845. The molecule has 1 aliphatic heterocycles. The van der Waals surface area contributed by atoms with E-state index in [2.05, 4.69) is 44.3 Å². The van der Waals surface area contributed by atoms with Crippen molar-refractivity contribution in [1.29, 1.82) is 5.26 Å². The van der Waals surface area contributed by atoms with Crippen LogP contribution in [0.25, 0.3) is 0 Å². The molecule has 17 heavy (non-hydrogen) atoms. The lowest BCUT2D eigenvalue weighted by Crippen LogP contribution is -2.17. The number of nitrogens with one attached hydrogen (secondary N) is 1.